The normalized spacial score (nSPS) is 12.2. The van der Waals surface area contributed by atoms with Crippen molar-refractivity contribution in [2.75, 3.05) is 12.4 Å². The summed E-state index contributed by atoms with van der Waals surface area (Å²) in [5.74, 6) is -1.76. The number of carbonyl (C=O) groups excluding carboxylic acids is 2. The summed E-state index contributed by atoms with van der Waals surface area (Å²) in [5.41, 5.74) is 0.557. The number of ketones is 1. The zero-order chi connectivity index (χ0) is 13.5. The Morgan fingerprint density at radius 2 is 2.00 bits per heavy atom. The molecule has 6 heteroatoms. The molecule has 1 aromatic carbocycles. The maximum absolute atomic E-state index is 11.8. The van der Waals surface area contributed by atoms with Crippen LogP contribution in [-0.2, 0) is 14.4 Å². The van der Waals surface area contributed by atoms with Gasteiger partial charge in [-0.1, -0.05) is 16.8 Å². The van der Waals surface area contributed by atoms with Gasteiger partial charge < -0.3 is 10.2 Å². The fourth-order valence-corrected chi connectivity index (χ4v) is 1.36. The van der Waals surface area contributed by atoms with E-state index in [4.69, 9.17) is 11.6 Å². The van der Waals surface area contributed by atoms with Gasteiger partial charge in [0.1, 0.15) is 18.8 Å². The molecule has 0 saturated carbocycles. The van der Waals surface area contributed by atoms with Crippen LogP contribution in [0.15, 0.2) is 29.4 Å². The highest BCUT2D eigenvalue weighted by molar-refractivity contribution is 6.30. The van der Waals surface area contributed by atoms with Crippen molar-refractivity contribution in [2.24, 2.45) is 11.1 Å². The van der Waals surface area contributed by atoms with Gasteiger partial charge in [-0.3, -0.25) is 9.59 Å². The number of amides is 1. The Morgan fingerprint density at radius 1 is 1.39 bits per heavy atom. The smallest absolute Gasteiger partial charge is 0.240 e. The molecule has 0 aliphatic rings. The van der Waals surface area contributed by atoms with Gasteiger partial charge in [0, 0.05) is 10.7 Å². The second-order valence-electron chi connectivity index (χ2n) is 3.52. The second kappa shape index (κ2) is 6.76. The van der Waals surface area contributed by atoms with Crippen molar-refractivity contribution >= 4 is 35.2 Å². The Morgan fingerprint density at radius 3 is 2.50 bits per heavy atom. The summed E-state index contributed by atoms with van der Waals surface area (Å²) in [6.07, 6.45) is 1.16. The summed E-state index contributed by atoms with van der Waals surface area (Å²) in [6, 6.07) is 6.57. The molecule has 0 heterocycles. The van der Waals surface area contributed by atoms with Crippen LogP contribution in [0.5, 0.6) is 0 Å². The van der Waals surface area contributed by atoms with Gasteiger partial charge in [-0.15, -0.1) is 0 Å². The van der Waals surface area contributed by atoms with Crippen LogP contribution in [0.1, 0.15) is 6.92 Å². The molecule has 1 aromatic rings. The number of hydrogen-bond donors (Lipinski definition) is 1. The number of benzene rings is 1. The summed E-state index contributed by atoms with van der Waals surface area (Å²) >= 11 is 5.73. The summed E-state index contributed by atoms with van der Waals surface area (Å²) < 4.78 is 0. The van der Waals surface area contributed by atoms with Crippen LogP contribution < -0.4 is 5.32 Å². The molecule has 0 aliphatic heterocycles. The molecule has 18 heavy (non-hydrogen) atoms. The third-order valence-electron chi connectivity index (χ3n) is 2.15. The highest BCUT2D eigenvalue weighted by Crippen LogP contribution is 2.14. The first-order chi connectivity index (χ1) is 8.54. The molecule has 1 unspecified atom stereocenters. The van der Waals surface area contributed by atoms with Gasteiger partial charge in [-0.25, -0.2) is 0 Å². The number of nitrogens with one attached hydrogen (secondary N) is 1. The first-order valence-corrected chi connectivity index (χ1v) is 5.56. The molecular weight excluding hydrogens is 256 g/mol. The predicted molar refractivity (Wildman–Crippen MR) is 69.8 cm³/mol. The molecule has 5 nitrogen and oxygen atoms in total. The molecule has 0 fully saturated rings. The molecule has 0 spiro atoms. The van der Waals surface area contributed by atoms with Crippen LogP contribution in [0.25, 0.3) is 0 Å². The van der Waals surface area contributed by atoms with Gasteiger partial charge in [-0.2, -0.15) is 0 Å². The SMILES string of the molecule is CO/N=C/C(C(C)=O)C(=O)Nc1ccc(Cl)cc1. The summed E-state index contributed by atoms with van der Waals surface area (Å²) in [6.45, 7) is 1.31. The third-order valence-corrected chi connectivity index (χ3v) is 2.40. The summed E-state index contributed by atoms with van der Waals surface area (Å²) in [4.78, 5) is 27.6. The fourth-order valence-electron chi connectivity index (χ4n) is 1.23. The minimum atomic E-state index is -0.972. The summed E-state index contributed by atoms with van der Waals surface area (Å²) in [7, 11) is 1.34. The van der Waals surface area contributed by atoms with Crippen LogP contribution in [0, 0.1) is 5.92 Å². The third kappa shape index (κ3) is 4.18. The van der Waals surface area contributed by atoms with E-state index in [-0.39, 0.29) is 5.78 Å². The van der Waals surface area contributed by atoms with E-state index in [9.17, 15) is 9.59 Å². The van der Waals surface area contributed by atoms with Crippen molar-refractivity contribution in [2.45, 2.75) is 6.92 Å². The average Bonchev–Trinajstić information content (AvgIpc) is 2.32. The lowest BCUT2D eigenvalue weighted by Crippen LogP contribution is -2.29. The fraction of sp³-hybridized carbons (Fsp3) is 0.250. The van der Waals surface area contributed by atoms with Crippen molar-refractivity contribution in [3.8, 4) is 0 Å². The number of hydrogen-bond acceptors (Lipinski definition) is 4. The predicted octanol–water partition coefficient (Wildman–Crippen LogP) is 2.12. The number of nitrogens with zero attached hydrogens (tertiary/aromatic N) is 1. The highest BCUT2D eigenvalue weighted by Gasteiger charge is 2.21. The zero-order valence-electron chi connectivity index (χ0n) is 10.0. The van der Waals surface area contributed by atoms with Gasteiger partial charge in [0.15, 0.2) is 0 Å². The molecule has 0 radical (unpaired) electrons. The Hall–Kier alpha value is -1.88. The molecule has 1 atom stereocenters. The van der Waals surface area contributed by atoms with Crippen LogP contribution >= 0.6 is 11.6 Å². The Balaban J connectivity index is 2.75. The molecule has 1 amide bonds. The van der Waals surface area contributed by atoms with Gasteiger partial charge in [0.05, 0.1) is 6.21 Å². The van der Waals surface area contributed by atoms with Gasteiger partial charge in [0.25, 0.3) is 0 Å². The molecule has 1 rings (SSSR count). The zero-order valence-corrected chi connectivity index (χ0v) is 10.8. The van der Waals surface area contributed by atoms with Crippen molar-refractivity contribution in [3.63, 3.8) is 0 Å². The van der Waals surface area contributed by atoms with Crippen LogP contribution in [-0.4, -0.2) is 25.0 Å². The molecule has 96 valence electrons. The highest BCUT2D eigenvalue weighted by atomic mass is 35.5. The van der Waals surface area contributed by atoms with Crippen molar-refractivity contribution in [3.05, 3.63) is 29.3 Å². The van der Waals surface area contributed by atoms with E-state index >= 15 is 0 Å². The molecule has 1 N–H and O–H groups in total. The molecule has 0 bridgehead atoms. The first kappa shape index (κ1) is 14.2. The van der Waals surface area contributed by atoms with Crippen LogP contribution in [0.3, 0.4) is 0 Å². The van der Waals surface area contributed by atoms with Crippen molar-refractivity contribution in [1.29, 1.82) is 0 Å². The van der Waals surface area contributed by atoms with Crippen molar-refractivity contribution < 1.29 is 14.4 Å². The maximum Gasteiger partial charge on any atom is 0.240 e. The Kier molecular flexibility index (Phi) is 5.32. The van der Waals surface area contributed by atoms with E-state index in [1.165, 1.54) is 14.0 Å². The maximum atomic E-state index is 11.8. The van der Waals surface area contributed by atoms with E-state index in [1.807, 2.05) is 0 Å². The number of Topliss-reactive ketones (excluding diaryl/α,β-unsaturated/α-hetero) is 1. The largest absolute Gasteiger partial charge is 0.399 e. The summed E-state index contributed by atoms with van der Waals surface area (Å²) in [5, 5.41) is 6.60. The number of oxime groups is 1. The van der Waals surface area contributed by atoms with Gasteiger partial charge in [-0.05, 0) is 31.2 Å². The second-order valence-corrected chi connectivity index (χ2v) is 3.96. The molecule has 0 aromatic heterocycles. The van der Waals surface area contributed by atoms with Crippen molar-refractivity contribution in [1.82, 2.24) is 0 Å². The van der Waals surface area contributed by atoms with Crippen LogP contribution in [0.2, 0.25) is 5.02 Å². The van der Waals surface area contributed by atoms with Crippen LogP contribution in [0.4, 0.5) is 5.69 Å². The monoisotopic (exact) mass is 268 g/mol. The average molecular weight is 269 g/mol. The Labute approximate surface area is 110 Å². The van der Waals surface area contributed by atoms with E-state index < -0.39 is 11.8 Å². The van der Waals surface area contributed by atoms with E-state index in [1.54, 1.807) is 24.3 Å². The molecule has 0 aliphatic carbocycles. The number of carbonyl (C=O) groups is 2. The standard InChI is InChI=1S/C12H13ClN2O3/c1-8(16)11(7-14-18-2)12(17)15-10-5-3-9(13)4-6-10/h3-7,11H,1-2H3,(H,15,17)/b14-7+. The minimum Gasteiger partial charge on any atom is -0.399 e. The lowest BCUT2D eigenvalue weighted by Gasteiger charge is -2.09. The topological polar surface area (TPSA) is 67.8 Å². The first-order valence-electron chi connectivity index (χ1n) is 5.18. The van der Waals surface area contributed by atoms with E-state index in [0.717, 1.165) is 6.21 Å². The quantitative estimate of drug-likeness (QED) is 0.505. The van der Waals surface area contributed by atoms with E-state index in [2.05, 4.69) is 15.3 Å². The number of halogens is 1. The number of rotatable bonds is 5. The Bertz CT molecular complexity index is 457. The van der Waals surface area contributed by atoms with Gasteiger partial charge >= 0.3 is 0 Å². The lowest BCUT2D eigenvalue weighted by atomic mass is 10.1. The van der Waals surface area contributed by atoms with E-state index in [0.29, 0.717) is 10.7 Å². The van der Waals surface area contributed by atoms with Gasteiger partial charge in [0.2, 0.25) is 5.91 Å². The minimum absolute atomic E-state index is 0.317. The number of anilines is 1. The molecular formula is C12H13ClN2O3. The molecule has 0 saturated heterocycles. The lowest BCUT2D eigenvalue weighted by molar-refractivity contribution is -0.126.